The maximum atomic E-state index is 14.2. The molecule has 4 aromatic heterocycles. The second-order valence-corrected chi connectivity index (χ2v) is 14.4. The molecule has 0 N–H and O–H groups in total. The monoisotopic (exact) mass is 656 g/mol. The number of piperazine rings is 1. The van der Waals surface area contributed by atoms with Crippen molar-refractivity contribution in [2.24, 2.45) is 0 Å². The van der Waals surface area contributed by atoms with E-state index >= 15 is 0 Å². The number of thiophene rings is 2. The Kier molecular flexibility index (Phi) is 7.62. The fourth-order valence-corrected chi connectivity index (χ4v) is 7.87. The Labute approximate surface area is 272 Å². The van der Waals surface area contributed by atoms with E-state index in [1.54, 1.807) is 0 Å². The highest BCUT2D eigenvalue weighted by molar-refractivity contribution is 7.19. The first-order valence-corrected chi connectivity index (χ1v) is 16.6. The van der Waals surface area contributed by atoms with Crippen LogP contribution < -0.4 is 0 Å². The number of rotatable bonds is 4. The van der Waals surface area contributed by atoms with Gasteiger partial charge in [-0.05, 0) is 62.4 Å². The molecule has 1 fully saturated rings. The summed E-state index contributed by atoms with van der Waals surface area (Å²) in [4.78, 5) is 43.7. The summed E-state index contributed by atoms with van der Waals surface area (Å²) in [6.07, 6.45) is 0. The highest BCUT2D eigenvalue weighted by atomic mass is 35.5. The molecule has 0 aliphatic carbocycles. The number of amides is 2. The van der Waals surface area contributed by atoms with Gasteiger partial charge in [0.05, 0.1) is 52.0 Å². The zero-order chi connectivity index (χ0) is 30.5. The number of carbonyl (C=O) groups excluding carboxylic acids is 2. The van der Waals surface area contributed by atoms with Gasteiger partial charge < -0.3 is 9.80 Å². The standard InChI is InChI=1S/C34H26Cl2N4O2S2/c1-19-17-40(34(42)24-16-28(30-12-14-32(36)44-30)38-26-10-6-4-8-22(24)26)20(2)18-39(19)33(41)23-15-27(29-11-13-31(35)43-29)37-25-9-5-3-7-21(23)25/h3-16,19-20H,17-18H2,1-2H3/t19-,20-/m1/s1. The van der Waals surface area contributed by atoms with Gasteiger partial charge in [0, 0.05) is 35.9 Å². The highest BCUT2D eigenvalue weighted by Gasteiger charge is 2.36. The Morgan fingerprint density at radius 3 is 1.45 bits per heavy atom. The molecule has 0 unspecified atom stereocenters. The molecular weight excluding hydrogens is 631 g/mol. The summed E-state index contributed by atoms with van der Waals surface area (Å²) >= 11 is 15.3. The minimum Gasteiger partial charge on any atom is -0.332 e. The largest absolute Gasteiger partial charge is 0.332 e. The average molecular weight is 658 g/mol. The molecule has 0 radical (unpaired) electrons. The number of para-hydroxylation sites is 2. The van der Waals surface area contributed by atoms with Crippen molar-refractivity contribution in [3.8, 4) is 21.1 Å². The quantitative estimate of drug-likeness (QED) is 0.190. The minimum atomic E-state index is -0.210. The van der Waals surface area contributed by atoms with E-state index in [1.165, 1.54) is 22.7 Å². The molecule has 5 heterocycles. The molecule has 220 valence electrons. The maximum absolute atomic E-state index is 14.2. The molecule has 0 spiro atoms. The van der Waals surface area contributed by atoms with Crippen LogP contribution in [0.15, 0.2) is 84.9 Å². The molecule has 7 rings (SSSR count). The fourth-order valence-electron chi connectivity index (χ4n) is 5.86. The molecule has 44 heavy (non-hydrogen) atoms. The van der Waals surface area contributed by atoms with Crippen molar-refractivity contribution in [3.05, 3.63) is 105 Å². The van der Waals surface area contributed by atoms with Crippen molar-refractivity contribution in [1.29, 1.82) is 0 Å². The van der Waals surface area contributed by atoms with Crippen LogP contribution in [0.4, 0.5) is 0 Å². The predicted octanol–water partition coefficient (Wildman–Crippen LogP) is 8.92. The van der Waals surface area contributed by atoms with Crippen LogP contribution >= 0.6 is 45.9 Å². The molecule has 1 aliphatic heterocycles. The lowest BCUT2D eigenvalue weighted by atomic mass is 10.0. The summed E-state index contributed by atoms with van der Waals surface area (Å²) in [5.74, 6) is -0.157. The Hall–Kier alpha value is -3.82. The summed E-state index contributed by atoms with van der Waals surface area (Å²) in [7, 11) is 0. The lowest BCUT2D eigenvalue weighted by Crippen LogP contribution is -2.59. The predicted molar refractivity (Wildman–Crippen MR) is 181 cm³/mol. The molecule has 6 aromatic rings. The zero-order valence-electron chi connectivity index (χ0n) is 23.8. The van der Waals surface area contributed by atoms with Crippen LogP contribution in [-0.2, 0) is 0 Å². The second kappa shape index (κ2) is 11.6. The van der Waals surface area contributed by atoms with E-state index in [9.17, 15) is 9.59 Å². The third kappa shape index (κ3) is 5.26. The highest BCUT2D eigenvalue weighted by Crippen LogP contribution is 2.35. The first-order chi connectivity index (χ1) is 21.3. The van der Waals surface area contributed by atoms with E-state index in [0.717, 1.165) is 31.6 Å². The summed E-state index contributed by atoms with van der Waals surface area (Å²) < 4.78 is 1.33. The average Bonchev–Trinajstić information content (AvgIpc) is 3.68. The lowest BCUT2D eigenvalue weighted by molar-refractivity contribution is 0.0272. The number of carbonyl (C=O) groups is 2. The van der Waals surface area contributed by atoms with Crippen LogP contribution in [0, 0.1) is 0 Å². The van der Waals surface area contributed by atoms with Gasteiger partial charge in [0.15, 0.2) is 0 Å². The molecule has 2 amide bonds. The van der Waals surface area contributed by atoms with Gasteiger partial charge in [-0.15, -0.1) is 22.7 Å². The molecule has 0 bridgehead atoms. The Morgan fingerprint density at radius 2 is 1.07 bits per heavy atom. The molecule has 2 aromatic carbocycles. The number of fused-ring (bicyclic) bond motifs is 2. The number of halogens is 2. The number of hydrogen-bond acceptors (Lipinski definition) is 6. The van der Waals surface area contributed by atoms with E-state index in [1.807, 2.05) is 109 Å². The molecule has 10 heteroatoms. The Balaban J connectivity index is 1.21. The normalized spacial score (nSPS) is 17.0. The SMILES string of the molecule is C[C@@H]1CN(C(=O)c2cc(-c3ccc(Cl)s3)nc3ccccc23)[C@H](C)CN1C(=O)c1cc(-c2ccc(Cl)s2)nc2ccccc12. The lowest BCUT2D eigenvalue weighted by Gasteiger charge is -2.44. The van der Waals surface area contributed by atoms with Crippen molar-refractivity contribution >= 4 is 79.5 Å². The number of benzene rings is 2. The van der Waals surface area contributed by atoms with E-state index in [0.29, 0.717) is 44.3 Å². The molecular formula is C34H26Cl2N4O2S2. The number of nitrogens with zero attached hydrogens (tertiary/aromatic N) is 4. The second-order valence-electron chi connectivity index (χ2n) is 11.0. The van der Waals surface area contributed by atoms with Crippen LogP contribution in [-0.4, -0.2) is 56.8 Å². The van der Waals surface area contributed by atoms with E-state index in [-0.39, 0.29) is 23.9 Å². The molecule has 6 nitrogen and oxygen atoms in total. The van der Waals surface area contributed by atoms with Crippen LogP contribution in [0.3, 0.4) is 0 Å². The maximum Gasteiger partial charge on any atom is 0.254 e. The number of aromatic nitrogens is 2. The Morgan fingerprint density at radius 1 is 0.659 bits per heavy atom. The summed E-state index contributed by atoms with van der Waals surface area (Å²) in [5.41, 5.74) is 4.11. The topological polar surface area (TPSA) is 66.4 Å². The number of pyridine rings is 2. The van der Waals surface area contributed by atoms with Gasteiger partial charge in [-0.3, -0.25) is 9.59 Å². The van der Waals surface area contributed by atoms with Crippen LogP contribution in [0.5, 0.6) is 0 Å². The van der Waals surface area contributed by atoms with Gasteiger partial charge in [0.25, 0.3) is 11.8 Å². The summed E-state index contributed by atoms with van der Waals surface area (Å²) in [6, 6.07) is 26.2. The van der Waals surface area contributed by atoms with Gasteiger partial charge in [0.1, 0.15) is 0 Å². The van der Waals surface area contributed by atoms with Crippen LogP contribution in [0.2, 0.25) is 8.67 Å². The summed E-state index contributed by atoms with van der Waals surface area (Å²) in [5, 5.41) is 1.60. The van der Waals surface area contributed by atoms with Crippen molar-refractivity contribution in [2.45, 2.75) is 25.9 Å². The molecule has 1 aliphatic rings. The van der Waals surface area contributed by atoms with Gasteiger partial charge in [-0.25, -0.2) is 9.97 Å². The van der Waals surface area contributed by atoms with Crippen LogP contribution in [0.1, 0.15) is 34.6 Å². The number of hydrogen-bond donors (Lipinski definition) is 0. The van der Waals surface area contributed by atoms with Gasteiger partial charge in [-0.1, -0.05) is 59.6 Å². The Bertz CT molecular complexity index is 1930. The van der Waals surface area contributed by atoms with E-state index in [4.69, 9.17) is 33.2 Å². The van der Waals surface area contributed by atoms with E-state index in [2.05, 4.69) is 0 Å². The smallest absolute Gasteiger partial charge is 0.254 e. The first kappa shape index (κ1) is 28.9. The van der Waals surface area contributed by atoms with Gasteiger partial charge >= 0.3 is 0 Å². The molecule has 2 atom stereocenters. The van der Waals surface area contributed by atoms with Crippen molar-refractivity contribution in [2.75, 3.05) is 13.1 Å². The van der Waals surface area contributed by atoms with Crippen LogP contribution in [0.25, 0.3) is 42.9 Å². The van der Waals surface area contributed by atoms with Gasteiger partial charge in [0.2, 0.25) is 0 Å². The molecule has 0 saturated carbocycles. The van der Waals surface area contributed by atoms with Gasteiger partial charge in [-0.2, -0.15) is 0 Å². The minimum absolute atomic E-state index is 0.0785. The zero-order valence-corrected chi connectivity index (χ0v) is 27.0. The first-order valence-electron chi connectivity index (χ1n) is 14.2. The van der Waals surface area contributed by atoms with Crippen molar-refractivity contribution in [3.63, 3.8) is 0 Å². The van der Waals surface area contributed by atoms with Crippen molar-refractivity contribution < 1.29 is 9.59 Å². The van der Waals surface area contributed by atoms with E-state index < -0.39 is 0 Å². The third-order valence-electron chi connectivity index (χ3n) is 8.05. The fraction of sp³-hybridized carbons (Fsp3) is 0.176. The van der Waals surface area contributed by atoms with Crippen molar-refractivity contribution in [1.82, 2.24) is 19.8 Å². The summed E-state index contributed by atoms with van der Waals surface area (Å²) in [6.45, 7) is 4.80. The third-order valence-corrected chi connectivity index (χ3v) is 10.6. The molecule has 1 saturated heterocycles.